The number of aliphatic hydroxyl groups excluding tert-OH is 1. The largest absolute Gasteiger partial charge is 0.390 e. The second kappa shape index (κ2) is 1.88. The molecule has 0 bridgehead atoms. The van der Waals surface area contributed by atoms with Crippen LogP contribution in [0.2, 0.25) is 0 Å². The summed E-state index contributed by atoms with van der Waals surface area (Å²) in [6.07, 6.45) is 5.92. The molecule has 2 spiro atoms. The summed E-state index contributed by atoms with van der Waals surface area (Å²) in [6, 6.07) is 0. The molecule has 3 fully saturated rings. The van der Waals surface area contributed by atoms with Gasteiger partial charge in [0.25, 0.3) is 0 Å². The zero-order valence-electron chi connectivity index (χ0n) is 7.55. The van der Waals surface area contributed by atoms with Gasteiger partial charge >= 0.3 is 0 Å². The van der Waals surface area contributed by atoms with Crippen molar-refractivity contribution in [3.8, 4) is 0 Å². The van der Waals surface area contributed by atoms with Gasteiger partial charge in [-0.2, -0.15) is 0 Å². The fraction of sp³-hybridized carbons (Fsp3) is 1.00. The molecule has 2 aliphatic carbocycles. The maximum atomic E-state index is 10.1. The van der Waals surface area contributed by atoms with Gasteiger partial charge in [0.2, 0.25) is 0 Å². The lowest BCUT2D eigenvalue weighted by Crippen LogP contribution is -2.47. The van der Waals surface area contributed by atoms with Crippen molar-refractivity contribution in [1.82, 2.24) is 0 Å². The molecule has 68 valence electrons. The van der Waals surface area contributed by atoms with E-state index in [1.165, 1.54) is 12.8 Å². The lowest BCUT2D eigenvalue weighted by Gasteiger charge is -2.39. The van der Waals surface area contributed by atoms with E-state index in [1.807, 2.05) is 0 Å². The van der Waals surface area contributed by atoms with Gasteiger partial charge in [-0.3, -0.25) is 0 Å². The normalized spacial score (nSPS) is 46.5. The van der Waals surface area contributed by atoms with E-state index < -0.39 is 0 Å². The highest BCUT2D eigenvalue weighted by Crippen LogP contribution is 2.64. The highest BCUT2D eigenvalue weighted by molar-refractivity contribution is 5.16. The van der Waals surface area contributed by atoms with Crippen LogP contribution in [0.15, 0.2) is 0 Å². The lowest BCUT2D eigenvalue weighted by molar-refractivity contribution is -0.164. The van der Waals surface area contributed by atoms with E-state index >= 15 is 0 Å². The Morgan fingerprint density at radius 3 is 2.42 bits per heavy atom. The van der Waals surface area contributed by atoms with Crippen LogP contribution in [-0.4, -0.2) is 22.9 Å². The van der Waals surface area contributed by atoms with Crippen LogP contribution in [0.5, 0.6) is 0 Å². The van der Waals surface area contributed by atoms with Crippen LogP contribution in [0, 0.1) is 5.41 Å². The number of ether oxygens (including phenoxy) is 1. The second-order valence-electron chi connectivity index (χ2n) is 4.96. The topological polar surface area (TPSA) is 29.5 Å². The van der Waals surface area contributed by atoms with Gasteiger partial charge in [-0.05, 0) is 39.0 Å². The Labute approximate surface area is 72.9 Å². The van der Waals surface area contributed by atoms with Crippen LogP contribution >= 0.6 is 0 Å². The molecular formula is C10H16O2. The summed E-state index contributed by atoms with van der Waals surface area (Å²) in [7, 11) is 0. The van der Waals surface area contributed by atoms with Crippen LogP contribution in [-0.2, 0) is 4.74 Å². The van der Waals surface area contributed by atoms with Crippen LogP contribution in [0.4, 0.5) is 0 Å². The predicted octanol–water partition coefficient (Wildman–Crippen LogP) is 1.47. The standard InChI is InChI=1S/C10H16O2/c1-7-6-9(2-3-9)8(11)10(12-7)4-5-10/h7-8,11H,2-6H2,1H3/t7-,8-/m1/s1. The molecule has 2 nitrogen and oxygen atoms in total. The van der Waals surface area contributed by atoms with Gasteiger partial charge in [0.15, 0.2) is 0 Å². The van der Waals surface area contributed by atoms with Gasteiger partial charge in [0.05, 0.1) is 17.8 Å². The van der Waals surface area contributed by atoms with Gasteiger partial charge in [0, 0.05) is 5.41 Å². The molecule has 1 heterocycles. The van der Waals surface area contributed by atoms with Crippen molar-refractivity contribution < 1.29 is 9.84 Å². The maximum absolute atomic E-state index is 10.1. The molecule has 0 aromatic carbocycles. The number of hydrogen-bond donors (Lipinski definition) is 1. The monoisotopic (exact) mass is 168 g/mol. The van der Waals surface area contributed by atoms with E-state index in [4.69, 9.17) is 4.74 Å². The molecule has 1 saturated heterocycles. The van der Waals surface area contributed by atoms with E-state index in [-0.39, 0.29) is 17.1 Å². The molecule has 2 heteroatoms. The first-order valence-electron chi connectivity index (χ1n) is 5.03. The van der Waals surface area contributed by atoms with Crippen LogP contribution < -0.4 is 0 Å². The van der Waals surface area contributed by atoms with Crippen molar-refractivity contribution in [2.45, 2.75) is 56.8 Å². The first-order chi connectivity index (χ1) is 5.67. The Bertz CT molecular complexity index is 194. The highest BCUT2D eigenvalue weighted by Gasteiger charge is 2.66. The summed E-state index contributed by atoms with van der Waals surface area (Å²) in [4.78, 5) is 0. The van der Waals surface area contributed by atoms with Crippen molar-refractivity contribution in [2.24, 2.45) is 5.41 Å². The van der Waals surface area contributed by atoms with Crippen molar-refractivity contribution in [2.75, 3.05) is 0 Å². The molecule has 0 aromatic rings. The third-order valence-electron chi connectivity index (χ3n) is 3.84. The third-order valence-corrected chi connectivity index (χ3v) is 3.84. The van der Waals surface area contributed by atoms with E-state index in [0.717, 1.165) is 19.3 Å². The van der Waals surface area contributed by atoms with Gasteiger partial charge in [0.1, 0.15) is 0 Å². The Balaban J connectivity index is 1.89. The van der Waals surface area contributed by atoms with Gasteiger partial charge in [-0.1, -0.05) is 0 Å². The Hall–Kier alpha value is -0.0800. The number of aliphatic hydroxyl groups is 1. The maximum Gasteiger partial charge on any atom is 0.0951 e. The molecule has 3 rings (SSSR count). The van der Waals surface area contributed by atoms with E-state index in [1.54, 1.807) is 0 Å². The lowest BCUT2D eigenvalue weighted by atomic mass is 9.84. The SMILES string of the molecule is C[C@@H]1CC2(CC2)[C@@H](O)C2(CC2)O1. The molecule has 0 radical (unpaired) electrons. The molecule has 1 N–H and O–H groups in total. The Morgan fingerprint density at radius 1 is 1.25 bits per heavy atom. The van der Waals surface area contributed by atoms with E-state index in [9.17, 15) is 5.11 Å². The third kappa shape index (κ3) is 0.775. The first-order valence-corrected chi connectivity index (χ1v) is 5.03. The number of rotatable bonds is 0. The van der Waals surface area contributed by atoms with Crippen LogP contribution in [0.25, 0.3) is 0 Å². The van der Waals surface area contributed by atoms with Gasteiger partial charge in [-0.25, -0.2) is 0 Å². The Morgan fingerprint density at radius 2 is 1.92 bits per heavy atom. The minimum absolute atomic E-state index is 0.0891. The summed E-state index contributed by atoms with van der Waals surface area (Å²) in [5.74, 6) is 0. The summed E-state index contributed by atoms with van der Waals surface area (Å²) in [5.41, 5.74) is 0.197. The molecule has 2 atom stereocenters. The average molecular weight is 168 g/mol. The fourth-order valence-electron chi connectivity index (χ4n) is 2.90. The van der Waals surface area contributed by atoms with E-state index in [0.29, 0.717) is 6.10 Å². The summed E-state index contributed by atoms with van der Waals surface area (Å²) in [6.45, 7) is 2.14. The first kappa shape index (κ1) is 7.34. The molecule has 0 unspecified atom stereocenters. The number of hydrogen-bond acceptors (Lipinski definition) is 2. The Kier molecular flexibility index (Phi) is 1.15. The van der Waals surface area contributed by atoms with Crippen LogP contribution in [0.3, 0.4) is 0 Å². The second-order valence-corrected chi connectivity index (χ2v) is 4.96. The molecule has 0 amide bonds. The predicted molar refractivity (Wildman–Crippen MR) is 44.8 cm³/mol. The summed E-state index contributed by atoms with van der Waals surface area (Å²) >= 11 is 0. The molecular weight excluding hydrogens is 152 g/mol. The molecule has 12 heavy (non-hydrogen) atoms. The van der Waals surface area contributed by atoms with Crippen molar-refractivity contribution in [1.29, 1.82) is 0 Å². The zero-order chi connectivity index (χ0) is 8.40. The van der Waals surface area contributed by atoms with Crippen molar-refractivity contribution in [3.63, 3.8) is 0 Å². The van der Waals surface area contributed by atoms with E-state index in [2.05, 4.69) is 6.92 Å². The highest BCUT2D eigenvalue weighted by atomic mass is 16.5. The van der Waals surface area contributed by atoms with Crippen LogP contribution in [0.1, 0.15) is 39.0 Å². The zero-order valence-corrected chi connectivity index (χ0v) is 7.55. The molecule has 3 aliphatic rings. The molecule has 0 aromatic heterocycles. The smallest absolute Gasteiger partial charge is 0.0951 e. The van der Waals surface area contributed by atoms with Gasteiger partial charge in [-0.15, -0.1) is 0 Å². The van der Waals surface area contributed by atoms with Crippen molar-refractivity contribution >= 4 is 0 Å². The minimum atomic E-state index is -0.152. The fourth-order valence-corrected chi connectivity index (χ4v) is 2.90. The summed E-state index contributed by atoms with van der Waals surface area (Å²) < 4.78 is 5.82. The minimum Gasteiger partial charge on any atom is -0.390 e. The molecule has 1 aliphatic heterocycles. The quantitative estimate of drug-likeness (QED) is 0.593. The average Bonchev–Trinajstić information content (AvgIpc) is 2.85. The molecule has 2 saturated carbocycles. The summed E-state index contributed by atoms with van der Waals surface area (Å²) in [5, 5.41) is 10.1. The van der Waals surface area contributed by atoms with Crippen molar-refractivity contribution in [3.05, 3.63) is 0 Å². The van der Waals surface area contributed by atoms with Gasteiger partial charge < -0.3 is 9.84 Å².